The fourth-order valence-corrected chi connectivity index (χ4v) is 0.569. The molecule has 4 heteroatoms. The summed E-state index contributed by atoms with van der Waals surface area (Å²) in [5.74, 6) is -0.181. The lowest BCUT2D eigenvalue weighted by molar-refractivity contribution is -0.121. The summed E-state index contributed by atoms with van der Waals surface area (Å²) in [6, 6.07) is -0.757. The molecule has 0 aromatic rings. The van der Waals surface area contributed by atoms with Gasteiger partial charge >= 0.3 is 6.03 Å². The summed E-state index contributed by atoms with van der Waals surface area (Å²) >= 11 is 0. The van der Waals surface area contributed by atoms with Gasteiger partial charge in [-0.1, -0.05) is 0 Å². The maximum atomic E-state index is 10.6. The number of hydrogen-bond acceptors (Lipinski definition) is 2. The van der Waals surface area contributed by atoms with Gasteiger partial charge in [0.25, 0.3) is 0 Å². The Bertz CT molecular complexity index is 151. The Hall–Kier alpha value is -1.06. The Morgan fingerprint density at radius 1 is 1.44 bits per heavy atom. The van der Waals surface area contributed by atoms with Crippen LogP contribution in [-0.4, -0.2) is 11.9 Å². The molecule has 0 spiro atoms. The van der Waals surface area contributed by atoms with E-state index in [-0.39, 0.29) is 11.8 Å². The van der Waals surface area contributed by atoms with Crippen molar-refractivity contribution in [2.45, 2.75) is 12.8 Å². The van der Waals surface area contributed by atoms with Crippen LogP contribution in [0.25, 0.3) is 0 Å². The molecule has 3 N–H and O–H groups in total. The average molecular weight is 128 g/mol. The zero-order valence-electron chi connectivity index (χ0n) is 4.89. The van der Waals surface area contributed by atoms with E-state index in [9.17, 15) is 9.59 Å². The van der Waals surface area contributed by atoms with E-state index in [4.69, 9.17) is 0 Å². The van der Waals surface area contributed by atoms with Crippen LogP contribution < -0.4 is 11.1 Å². The zero-order chi connectivity index (χ0) is 6.85. The molecular weight excluding hydrogens is 120 g/mol. The van der Waals surface area contributed by atoms with Crippen molar-refractivity contribution in [3.05, 3.63) is 0 Å². The Morgan fingerprint density at radius 3 is 2.33 bits per heavy atom. The second-order valence-corrected chi connectivity index (χ2v) is 2.13. The normalized spacial score (nSPS) is 16.9. The van der Waals surface area contributed by atoms with Crippen LogP contribution in [0.4, 0.5) is 4.79 Å². The average Bonchev–Trinajstić information content (AvgIpc) is 2.40. The van der Waals surface area contributed by atoms with Gasteiger partial charge in [-0.15, -0.1) is 0 Å². The molecule has 0 atom stereocenters. The van der Waals surface area contributed by atoms with Crippen molar-refractivity contribution in [2.75, 3.05) is 0 Å². The minimum Gasteiger partial charge on any atom is -0.351 e. The summed E-state index contributed by atoms with van der Waals surface area (Å²) in [7, 11) is 0. The lowest BCUT2D eigenvalue weighted by Gasteiger charge is -1.94. The van der Waals surface area contributed by atoms with Gasteiger partial charge in [-0.25, -0.2) is 4.79 Å². The smallest absolute Gasteiger partial charge is 0.318 e. The molecule has 0 bridgehead atoms. The van der Waals surface area contributed by atoms with Crippen molar-refractivity contribution in [3.8, 4) is 0 Å². The van der Waals surface area contributed by atoms with Crippen molar-refractivity contribution in [2.24, 2.45) is 11.7 Å². The van der Waals surface area contributed by atoms with Gasteiger partial charge in [0.15, 0.2) is 0 Å². The van der Waals surface area contributed by atoms with Crippen molar-refractivity contribution in [1.29, 1.82) is 0 Å². The van der Waals surface area contributed by atoms with Gasteiger partial charge in [0, 0.05) is 5.92 Å². The molecule has 0 aromatic heterocycles. The third-order valence-corrected chi connectivity index (χ3v) is 1.19. The molecule has 0 aromatic carbocycles. The molecule has 0 aliphatic heterocycles. The van der Waals surface area contributed by atoms with Crippen molar-refractivity contribution >= 4 is 11.9 Å². The first kappa shape index (κ1) is 6.07. The van der Waals surface area contributed by atoms with Crippen LogP contribution in [-0.2, 0) is 4.79 Å². The van der Waals surface area contributed by atoms with E-state index in [0.29, 0.717) is 0 Å². The Morgan fingerprint density at radius 2 is 2.00 bits per heavy atom. The van der Waals surface area contributed by atoms with Crippen LogP contribution in [0.2, 0.25) is 0 Å². The lowest BCUT2D eigenvalue weighted by Crippen LogP contribution is -2.35. The molecule has 1 saturated carbocycles. The number of hydrogen-bond donors (Lipinski definition) is 2. The van der Waals surface area contributed by atoms with Gasteiger partial charge < -0.3 is 5.73 Å². The van der Waals surface area contributed by atoms with E-state index in [2.05, 4.69) is 5.73 Å². The summed E-state index contributed by atoms with van der Waals surface area (Å²) in [5, 5.41) is 2.00. The highest BCUT2D eigenvalue weighted by molar-refractivity contribution is 5.95. The van der Waals surface area contributed by atoms with Gasteiger partial charge in [0.05, 0.1) is 0 Å². The first-order valence-electron chi connectivity index (χ1n) is 2.80. The third-order valence-electron chi connectivity index (χ3n) is 1.19. The molecule has 1 rings (SSSR count). The monoisotopic (exact) mass is 128 g/mol. The largest absolute Gasteiger partial charge is 0.351 e. The number of amides is 3. The van der Waals surface area contributed by atoms with E-state index < -0.39 is 6.03 Å². The molecule has 50 valence electrons. The molecular formula is C5H8N2O2. The van der Waals surface area contributed by atoms with Crippen LogP contribution in [0.15, 0.2) is 0 Å². The predicted molar refractivity (Wildman–Crippen MR) is 30.5 cm³/mol. The first-order chi connectivity index (χ1) is 4.20. The highest BCUT2D eigenvalue weighted by Gasteiger charge is 2.30. The number of urea groups is 1. The maximum Gasteiger partial charge on any atom is 0.318 e. The second kappa shape index (κ2) is 2.05. The van der Waals surface area contributed by atoms with Crippen LogP contribution in [0.1, 0.15) is 12.8 Å². The Labute approximate surface area is 52.4 Å². The topological polar surface area (TPSA) is 72.2 Å². The molecule has 0 heterocycles. The van der Waals surface area contributed by atoms with Crippen molar-refractivity contribution in [3.63, 3.8) is 0 Å². The van der Waals surface area contributed by atoms with E-state index in [1.807, 2.05) is 5.32 Å². The van der Waals surface area contributed by atoms with E-state index >= 15 is 0 Å². The summed E-state index contributed by atoms with van der Waals surface area (Å²) in [6.07, 6.45) is 1.78. The minimum atomic E-state index is -0.757. The maximum absolute atomic E-state index is 10.6. The van der Waals surface area contributed by atoms with Crippen LogP contribution >= 0.6 is 0 Å². The number of carbonyl (C=O) groups is 2. The number of carbonyl (C=O) groups excluding carboxylic acids is 2. The molecule has 0 saturated heterocycles. The predicted octanol–water partition coefficient (Wildman–Crippen LogP) is -0.409. The quantitative estimate of drug-likeness (QED) is 0.504. The van der Waals surface area contributed by atoms with Gasteiger partial charge in [-0.05, 0) is 12.8 Å². The standard InChI is InChI=1S/C5H8N2O2/c6-5(9)7-4(8)3-1-2-3/h3H,1-2H2,(H3,6,7,8,9). The first-order valence-corrected chi connectivity index (χ1v) is 2.80. The van der Waals surface area contributed by atoms with Crippen LogP contribution in [0, 0.1) is 5.92 Å². The zero-order valence-corrected chi connectivity index (χ0v) is 4.89. The summed E-state index contributed by atoms with van der Waals surface area (Å²) < 4.78 is 0. The van der Waals surface area contributed by atoms with Crippen LogP contribution in [0.3, 0.4) is 0 Å². The molecule has 1 aliphatic carbocycles. The fourth-order valence-electron chi connectivity index (χ4n) is 0.569. The molecule has 3 amide bonds. The third kappa shape index (κ3) is 1.71. The molecule has 0 radical (unpaired) electrons. The summed E-state index contributed by atoms with van der Waals surface area (Å²) in [4.78, 5) is 20.6. The Kier molecular flexibility index (Phi) is 1.38. The highest BCUT2D eigenvalue weighted by Crippen LogP contribution is 2.28. The van der Waals surface area contributed by atoms with Gasteiger partial charge in [-0.3, -0.25) is 10.1 Å². The number of imide groups is 1. The van der Waals surface area contributed by atoms with Gasteiger partial charge in [0.1, 0.15) is 0 Å². The van der Waals surface area contributed by atoms with E-state index in [0.717, 1.165) is 12.8 Å². The molecule has 1 aliphatic rings. The lowest BCUT2D eigenvalue weighted by atomic mass is 10.4. The van der Waals surface area contributed by atoms with Crippen molar-refractivity contribution in [1.82, 2.24) is 5.32 Å². The van der Waals surface area contributed by atoms with Gasteiger partial charge in [-0.2, -0.15) is 0 Å². The number of primary amides is 1. The molecule has 4 nitrogen and oxygen atoms in total. The Balaban J connectivity index is 2.26. The second-order valence-electron chi connectivity index (χ2n) is 2.13. The fraction of sp³-hybridized carbons (Fsp3) is 0.600. The number of rotatable bonds is 1. The van der Waals surface area contributed by atoms with E-state index in [1.165, 1.54) is 0 Å². The van der Waals surface area contributed by atoms with Crippen molar-refractivity contribution < 1.29 is 9.59 Å². The van der Waals surface area contributed by atoms with Crippen LogP contribution in [0.5, 0.6) is 0 Å². The molecule has 9 heavy (non-hydrogen) atoms. The number of nitrogens with two attached hydrogens (primary N) is 1. The minimum absolute atomic E-state index is 0.0532. The highest BCUT2D eigenvalue weighted by atomic mass is 16.2. The summed E-state index contributed by atoms with van der Waals surface area (Å²) in [6.45, 7) is 0. The number of nitrogens with one attached hydrogen (secondary N) is 1. The molecule has 0 unspecified atom stereocenters. The summed E-state index contributed by atoms with van der Waals surface area (Å²) in [5.41, 5.74) is 4.69. The van der Waals surface area contributed by atoms with E-state index in [1.54, 1.807) is 0 Å². The van der Waals surface area contributed by atoms with Gasteiger partial charge in [0.2, 0.25) is 5.91 Å². The SMILES string of the molecule is NC(=O)NC(=O)C1CC1. The molecule has 1 fully saturated rings.